The molecule has 2 N–H and O–H groups in total. The fourth-order valence-electron chi connectivity index (χ4n) is 3.62. The number of amides is 1. The van der Waals surface area contributed by atoms with Crippen molar-refractivity contribution in [3.05, 3.63) is 83.9 Å². The Morgan fingerprint density at radius 2 is 1.71 bits per heavy atom. The molecule has 1 amide bonds. The Morgan fingerprint density at radius 3 is 2.35 bits per heavy atom. The first-order chi connectivity index (χ1) is 16.4. The third-order valence-electron chi connectivity index (χ3n) is 5.39. The fraction of sp³-hybridized carbons (Fsp3) is 0.222. The minimum atomic E-state index is -0.950. The molecule has 0 radical (unpaired) electrons. The first kappa shape index (κ1) is 23.0. The highest BCUT2D eigenvalue weighted by Crippen LogP contribution is 2.31. The predicted octanol–water partition coefficient (Wildman–Crippen LogP) is 5.48. The summed E-state index contributed by atoms with van der Waals surface area (Å²) in [7, 11) is 0. The van der Waals surface area contributed by atoms with Gasteiger partial charge in [-0.15, -0.1) is 0 Å². The number of fused-ring (bicyclic) bond motifs is 1. The van der Waals surface area contributed by atoms with Crippen LogP contribution in [0.15, 0.2) is 77.2 Å². The zero-order valence-corrected chi connectivity index (χ0v) is 19.0. The quantitative estimate of drug-likeness (QED) is 0.345. The summed E-state index contributed by atoms with van der Waals surface area (Å²) >= 11 is 0. The van der Waals surface area contributed by atoms with E-state index in [0.29, 0.717) is 17.2 Å². The molecule has 174 valence electrons. The number of para-hydroxylation sites is 2. The van der Waals surface area contributed by atoms with Crippen molar-refractivity contribution in [1.29, 1.82) is 0 Å². The largest absolute Gasteiger partial charge is 0.485 e. The minimum absolute atomic E-state index is 0.0905. The molecule has 0 fully saturated rings. The van der Waals surface area contributed by atoms with Crippen LogP contribution in [-0.2, 0) is 4.79 Å². The van der Waals surface area contributed by atoms with E-state index in [-0.39, 0.29) is 30.9 Å². The van der Waals surface area contributed by atoms with E-state index in [2.05, 4.69) is 24.1 Å². The highest BCUT2D eigenvalue weighted by Gasteiger charge is 2.19. The standard InChI is InChI=1S/C27H26N2O5/c1-17(2)25(18-7-9-19(10-8-18)26(32)28-16-15-24(30)31)33-21-13-11-20(12-14-21)27-29-22-5-3-4-6-23(22)34-27/h3-14,17,25H,15-16H2,1-2H3,(H,28,32)(H,30,31). The Bertz CT molecular complexity index is 1240. The molecule has 0 saturated heterocycles. The molecule has 4 aromatic rings. The van der Waals surface area contributed by atoms with E-state index in [1.165, 1.54) is 0 Å². The zero-order chi connectivity index (χ0) is 24.1. The van der Waals surface area contributed by atoms with E-state index >= 15 is 0 Å². The van der Waals surface area contributed by atoms with Crippen LogP contribution in [-0.4, -0.2) is 28.5 Å². The lowest BCUT2D eigenvalue weighted by molar-refractivity contribution is -0.136. The molecule has 0 aliphatic heterocycles. The lowest BCUT2D eigenvalue weighted by atomic mass is 9.97. The van der Waals surface area contributed by atoms with Crippen molar-refractivity contribution >= 4 is 23.0 Å². The zero-order valence-electron chi connectivity index (χ0n) is 19.0. The topological polar surface area (TPSA) is 102 Å². The minimum Gasteiger partial charge on any atom is -0.485 e. The van der Waals surface area contributed by atoms with Crippen LogP contribution in [0.25, 0.3) is 22.6 Å². The van der Waals surface area contributed by atoms with Crippen molar-refractivity contribution in [3.8, 4) is 17.2 Å². The molecule has 1 atom stereocenters. The van der Waals surface area contributed by atoms with Gasteiger partial charge in [0, 0.05) is 17.7 Å². The molecule has 0 spiro atoms. The molecule has 1 heterocycles. The second kappa shape index (κ2) is 10.2. The molecule has 3 aromatic carbocycles. The number of carbonyl (C=O) groups is 2. The summed E-state index contributed by atoms with van der Waals surface area (Å²) in [6, 6.07) is 22.4. The Morgan fingerprint density at radius 1 is 1.00 bits per heavy atom. The molecule has 7 nitrogen and oxygen atoms in total. The number of carbonyl (C=O) groups excluding carboxylic acids is 1. The Labute approximate surface area is 197 Å². The summed E-state index contributed by atoms with van der Waals surface area (Å²) in [6.07, 6.45) is -0.322. The molecule has 4 rings (SSSR count). The molecule has 1 unspecified atom stereocenters. The summed E-state index contributed by atoms with van der Waals surface area (Å²) in [4.78, 5) is 27.3. The maximum absolute atomic E-state index is 12.2. The van der Waals surface area contributed by atoms with E-state index in [1.54, 1.807) is 12.1 Å². The average Bonchev–Trinajstić information content (AvgIpc) is 3.27. The highest BCUT2D eigenvalue weighted by molar-refractivity contribution is 5.94. The van der Waals surface area contributed by atoms with Gasteiger partial charge in [-0.1, -0.05) is 38.1 Å². The van der Waals surface area contributed by atoms with E-state index in [1.807, 2.05) is 60.7 Å². The van der Waals surface area contributed by atoms with Crippen molar-refractivity contribution in [1.82, 2.24) is 10.3 Å². The smallest absolute Gasteiger partial charge is 0.305 e. The second-order valence-electron chi connectivity index (χ2n) is 8.32. The third-order valence-corrected chi connectivity index (χ3v) is 5.39. The number of carboxylic acid groups (broad SMARTS) is 1. The number of oxazole rings is 1. The molecule has 0 saturated carbocycles. The maximum Gasteiger partial charge on any atom is 0.305 e. The van der Waals surface area contributed by atoms with Gasteiger partial charge in [-0.3, -0.25) is 9.59 Å². The van der Waals surface area contributed by atoms with E-state index in [9.17, 15) is 9.59 Å². The van der Waals surface area contributed by atoms with Crippen LogP contribution in [0.4, 0.5) is 0 Å². The maximum atomic E-state index is 12.2. The summed E-state index contributed by atoms with van der Waals surface area (Å²) < 4.78 is 12.1. The monoisotopic (exact) mass is 458 g/mol. The SMILES string of the molecule is CC(C)C(Oc1ccc(-c2nc3ccccc3o2)cc1)c1ccc(C(=O)NCCC(=O)O)cc1. The number of ether oxygens (including phenoxy) is 1. The number of benzene rings is 3. The third kappa shape index (κ3) is 5.43. The van der Waals surface area contributed by atoms with Crippen molar-refractivity contribution in [3.63, 3.8) is 0 Å². The van der Waals surface area contributed by atoms with Crippen molar-refractivity contribution in [2.45, 2.75) is 26.4 Å². The second-order valence-corrected chi connectivity index (χ2v) is 8.32. The van der Waals surface area contributed by atoms with Crippen LogP contribution in [0, 0.1) is 5.92 Å². The van der Waals surface area contributed by atoms with E-state index in [0.717, 1.165) is 22.2 Å². The van der Waals surface area contributed by atoms with Crippen LogP contribution in [0.1, 0.15) is 42.3 Å². The highest BCUT2D eigenvalue weighted by atomic mass is 16.5. The van der Waals surface area contributed by atoms with Gasteiger partial charge in [-0.25, -0.2) is 4.98 Å². The number of rotatable bonds is 9. The van der Waals surface area contributed by atoms with Gasteiger partial charge in [0.25, 0.3) is 5.91 Å². The number of hydrogen-bond donors (Lipinski definition) is 2. The van der Waals surface area contributed by atoms with Gasteiger partial charge in [0.05, 0.1) is 6.42 Å². The van der Waals surface area contributed by atoms with Gasteiger partial charge < -0.3 is 19.6 Å². The van der Waals surface area contributed by atoms with Gasteiger partial charge in [0.15, 0.2) is 5.58 Å². The molecule has 34 heavy (non-hydrogen) atoms. The first-order valence-corrected chi connectivity index (χ1v) is 11.1. The van der Waals surface area contributed by atoms with Gasteiger partial charge in [0.2, 0.25) is 5.89 Å². The molecule has 0 aliphatic rings. The molecule has 0 aliphatic carbocycles. The fourth-order valence-corrected chi connectivity index (χ4v) is 3.62. The van der Waals surface area contributed by atoms with Crippen LogP contribution < -0.4 is 10.1 Å². The lowest BCUT2D eigenvalue weighted by Crippen LogP contribution is -2.26. The summed E-state index contributed by atoms with van der Waals surface area (Å²) in [5.74, 6) is 0.213. The van der Waals surface area contributed by atoms with Gasteiger partial charge >= 0.3 is 5.97 Å². The predicted molar refractivity (Wildman–Crippen MR) is 129 cm³/mol. The number of aromatic nitrogens is 1. The van der Waals surface area contributed by atoms with E-state index < -0.39 is 5.97 Å². The van der Waals surface area contributed by atoms with Gasteiger partial charge in [0.1, 0.15) is 17.4 Å². The Hall–Kier alpha value is -4.13. The van der Waals surface area contributed by atoms with Crippen molar-refractivity contribution in [2.75, 3.05) is 6.54 Å². The Balaban J connectivity index is 1.44. The van der Waals surface area contributed by atoms with Gasteiger partial charge in [-0.2, -0.15) is 0 Å². The molecule has 7 heteroatoms. The van der Waals surface area contributed by atoms with Crippen LogP contribution in [0.5, 0.6) is 5.75 Å². The lowest BCUT2D eigenvalue weighted by Gasteiger charge is -2.23. The molecular formula is C27H26N2O5. The van der Waals surface area contributed by atoms with Crippen molar-refractivity contribution in [2.24, 2.45) is 5.92 Å². The number of carboxylic acids is 1. The number of aliphatic carboxylic acids is 1. The van der Waals surface area contributed by atoms with Crippen LogP contribution >= 0.6 is 0 Å². The average molecular weight is 459 g/mol. The normalized spacial score (nSPS) is 12.0. The van der Waals surface area contributed by atoms with Crippen molar-refractivity contribution < 1.29 is 23.8 Å². The number of nitrogens with zero attached hydrogens (tertiary/aromatic N) is 1. The Kier molecular flexibility index (Phi) is 6.92. The van der Waals surface area contributed by atoms with Crippen LogP contribution in [0.2, 0.25) is 0 Å². The van der Waals surface area contributed by atoms with Gasteiger partial charge in [-0.05, 0) is 60.0 Å². The number of hydrogen-bond acceptors (Lipinski definition) is 5. The molecule has 0 bridgehead atoms. The summed E-state index contributed by atoms with van der Waals surface area (Å²) in [6.45, 7) is 4.24. The summed E-state index contributed by atoms with van der Waals surface area (Å²) in [5.41, 5.74) is 3.84. The first-order valence-electron chi connectivity index (χ1n) is 11.1. The van der Waals surface area contributed by atoms with E-state index in [4.69, 9.17) is 14.3 Å². The van der Waals surface area contributed by atoms with Crippen LogP contribution in [0.3, 0.4) is 0 Å². The molecular weight excluding hydrogens is 432 g/mol. The molecule has 1 aromatic heterocycles. The summed E-state index contributed by atoms with van der Waals surface area (Å²) in [5, 5.41) is 11.3. The number of nitrogens with one attached hydrogen (secondary N) is 1.